The molecule has 0 aliphatic carbocycles. The molecule has 1 fully saturated rings. The number of H-pyrrole nitrogens is 1. The van der Waals surface area contributed by atoms with Crippen LogP contribution in [0, 0.1) is 0 Å². The Morgan fingerprint density at radius 1 is 1.21 bits per heavy atom. The first-order valence-corrected chi connectivity index (χ1v) is 10.9. The Morgan fingerprint density at radius 3 is 2.48 bits per heavy atom. The summed E-state index contributed by atoms with van der Waals surface area (Å²) < 4.78 is 37.0. The lowest BCUT2D eigenvalue weighted by Crippen LogP contribution is -2.40. The summed E-state index contributed by atoms with van der Waals surface area (Å²) in [6.07, 6.45) is 1.11. The molecule has 1 saturated heterocycles. The highest BCUT2D eigenvalue weighted by Gasteiger charge is 2.29. The molecule has 0 amide bonds. The average molecular weight is 420 g/mol. The van der Waals surface area contributed by atoms with E-state index in [1.807, 2.05) is 19.1 Å². The number of ether oxygens (including phenoxy) is 2. The van der Waals surface area contributed by atoms with Crippen LogP contribution in [0.5, 0.6) is 0 Å². The van der Waals surface area contributed by atoms with Crippen molar-refractivity contribution in [3.63, 3.8) is 0 Å². The predicted octanol–water partition coefficient (Wildman–Crippen LogP) is 2.03. The minimum Gasteiger partial charge on any atom is -0.450 e. The minimum atomic E-state index is -3.72. The van der Waals surface area contributed by atoms with Gasteiger partial charge in [0.15, 0.2) is 6.10 Å². The average Bonchev–Trinajstić information content (AvgIpc) is 3.25. The highest BCUT2D eigenvalue weighted by Crippen LogP contribution is 2.19. The van der Waals surface area contributed by atoms with Crippen molar-refractivity contribution in [2.75, 3.05) is 26.3 Å². The Hall–Kier alpha value is -2.49. The molecule has 8 nitrogen and oxygen atoms in total. The van der Waals surface area contributed by atoms with E-state index in [0.717, 1.165) is 12.0 Å². The molecule has 9 heteroatoms. The van der Waals surface area contributed by atoms with Gasteiger partial charge in [-0.05, 0) is 25.0 Å². The molecule has 2 aromatic rings. The fraction of sp³-hybridized carbons (Fsp3) is 0.400. The fourth-order valence-electron chi connectivity index (χ4n) is 2.99. The van der Waals surface area contributed by atoms with Crippen LogP contribution in [-0.2, 0) is 25.9 Å². The number of aromatic nitrogens is 1. The SMILES string of the molecule is CCc1ccc(C(=O)C(C)OC(=O)c2cc(S(=O)(=O)N3CCOCC3)c[nH]2)cc1. The Kier molecular flexibility index (Phi) is 6.51. The summed E-state index contributed by atoms with van der Waals surface area (Å²) in [6, 6.07) is 8.34. The molecule has 1 N–H and O–H groups in total. The number of hydrogen-bond acceptors (Lipinski definition) is 6. The third kappa shape index (κ3) is 4.75. The maximum absolute atomic E-state index is 12.6. The first kappa shape index (κ1) is 21.2. The van der Waals surface area contributed by atoms with Crippen LogP contribution in [0.2, 0.25) is 0 Å². The van der Waals surface area contributed by atoms with Crippen LogP contribution < -0.4 is 0 Å². The molecule has 29 heavy (non-hydrogen) atoms. The van der Waals surface area contributed by atoms with Crippen molar-refractivity contribution in [1.29, 1.82) is 0 Å². The number of carbonyl (C=O) groups excluding carboxylic acids is 2. The molecule has 0 saturated carbocycles. The third-order valence-electron chi connectivity index (χ3n) is 4.78. The summed E-state index contributed by atoms with van der Waals surface area (Å²) in [6.45, 7) is 4.69. The second-order valence-corrected chi connectivity index (χ2v) is 8.67. The summed E-state index contributed by atoms with van der Waals surface area (Å²) >= 11 is 0. The van der Waals surface area contributed by atoms with Gasteiger partial charge in [0.2, 0.25) is 15.8 Å². The molecule has 1 unspecified atom stereocenters. The van der Waals surface area contributed by atoms with E-state index in [9.17, 15) is 18.0 Å². The van der Waals surface area contributed by atoms with Crippen LogP contribution in [-0.4, -0.2) is 61.9 Å². The van der Waals surface area contributed by atoms with Gasteiger partial charge in [0.1, 0.15) is 10.6 Å². The lowest BCUT2D eigenvalue weighted by Gasteiger charge is -2.25. The van der Waals surface area contributed by atoms with E-state index in [1.165, 1.54) is 23.5 Å². The van der Waals surface area contributed by atoms with Gasteiger partial charge in [0.25, 0.3) is 0 Å². The summed E-state index contributed by atoms with van der Waals surface area (Å²) in [5.74, 6) is -1.12. The van der Waals surface area contributed by atoms with Gasteiger partial charge in [0, 0.05) is 24.8 Å². The molecular formula is C20H24N2O6S. The van der Waals surface area contributed by atoms with Gasteiger partial charge >= 0.3 is 5.97 Å². The number of nitrogens with one attached hydrogen (secondary N) is 1. The van der Waals surface area contributed by atoms with E-state index < -0.39 is 22.1 Å². The highest BCUT2D eigenvalue weighted by atomic mass is 32.2. The number of Topliss-reactive ketones (excluding diaryl/α,β-unsaturated/α-hetero) is 1. The maximum atomic E-state index is 12.6. The molecular weight excluding hydrogens is 396 g/mol. The van der Waals surface area contributed by atoms with Crippen molar-refractivity contribution in [1.82, 2.24) is 9.29 Å². The van der Waals surface area contributed by atoms with E-state index >= 15 is 0 Å². The normalized spacial score (nSPS) is 16.3. The van der Waals surface area contributed by atoms with Gasteiger partial charge in [0.05, 0.1) is 13.2 Å². The second-order valence-electron chi connectivity index (χ2n) is 6.73. The number of carbonyl (C=O) groups is 2. The predicted molar refractivity (Wildman–Crippen MR) is 105 cm³/mol. The number of hydrogen-bond donors (Lipinski definition) is 1. The van der Waals surface area contributed by atoms with E-state index in [0.29, 0.717) is 18.8 Å². The number of ketones is 1. The van der Waals surface area contributed by atoms with E-state index in [1.54, 1.807) is 12.1 Å². The Balaban J connectivity index is 1.67. The molecule has 0 bridgehead atoms. The Labute approximate surface area is 169 Å². The number of esters is 1. The van der Waals surface area contributed by atoms with E-state index in [2.05, 4.69) is 4.98 Å². The molecule has 0 spiro atoms. The first-order chi connectivity index (χ1) is 13.8. The smallest absolute Gasteiger partial charge is 0.355 e. The Morgan fingerprint density at radius 2 is 1.86 bits per heavy atom. The van der Waals surface area contributed by atoms with Crippen molar-refractivity contribution in [2.24, 2.45) is 0 Å². The fourth-order valence-corrected chi connectivity index (χ4v) is 4.40. The van der Waals surface area contributed by atoms with Crippen LogP contribution in [0.25, 0.3) is 0 Å². The van der Waals surface area contributed by atoms with Crippen LogP contribution in [0.15, 0.2) is 41.4 Å². The summed E-state index contributed by atoms with van der Waals surface area (Å²) in [5.41, 5.74) is 1.52. The standard InChI is InChI=1S/C20H24N2O6S/c1-3-15-4-6-16(7-5-15)19(23)14(2)28-20(24)18-12-17(13-21-18)29(25,26)22-8-10-27-11-9-22/h4-7,12-14,21H,3,8-11H2,1-2H3. The number of aryl methyl sites for hydroxylation is 1. The van der Waals surface area contributed by atoms with Gasteiger partial charge in [-0.1, -0.05) is 31.2 Å². The monoisotopic (exact) mass is 420 g/mol. The molecule has 3 rings (SSSR count). The molecule has 1 aliphatic rings. The minimum absolute atomic E-state index is 0.0273. The zero-order valence-corrected chi connectivity index (χ0v) is 17.2. The molecule has 1 atom stereocenters. The topological polar surface area (TPSA) is 106 Å². The number of aromatic amines is 1. The van der Waals surface area contributed by atoms with Crippen molar-refractivity contribution in [3.05, 3.63) is 53.3 Å². The zero-order valence-electron chi connectivity index (χ0n) is 16.4. The number of sulfonamides is 1. The van der Waals surface area contributed by atoms with Gasteiger partial charge in [-0.15, -0.1) is 0 Å². The second kappa shape index (κ2) is 8.89. The summed E-state index contributed by atoms with van der Waals surface area (Å²) in [7, 11) is -3.72. The third-order valence-corrected chi connectivity index (χ3v) is 6.66. The first-order valence-electron chi connectivity index (χ1n) is 9.43. The number of benzene rings is 1. The number of nitrogens with zero attached hydrogens (tertiary/aromatic N) is 1. The summed E-state index contributed by atoms with van der Waals surface area (Å²) in [4.78, 5) is 27.5. The van der Waals surface area contributed by atoms with Gasteiger partial charge < -0.3 is 14.5 Å². The summed E-state index contributed by atoms with van der Waals surface area (Å²) in [5, 5.41) is 0. The van der Waals surface area contributed by atoms with E-state index in [-0.39, 0.29) is 29.5 Å². The Bertz CT molecular complexity index is 975. The molecule has 156 valence electrons. The van der Waals surface area contributed by atoms with Gasteiger partial charge in [-0.3, -0.25) is 4.79 Å². The van der Waals surface area contributed by atoms with Gasteiger partial charge in [-0.2, -0.15) is 4.31 Å². The zero-order chi connectivity index (χ0) is 21.0. The van der Waals surface area contributed by atoms with Crippen LogP contribution in [0.3, 0.4) is 0 Å². The van der Waals surface area contributed by atoms with Crippen LogP contribution in [0.4, 0.5) is 0 Å². The van der Waals surface area contributed by atoms with Crippen molar-refractivity contribution in [2.45, 2.75) is 31.3 Å². The molecule has 1 aromatic carbocycles. The maximum Gasteiger partial charge on any atom is 0.355 e. The van der Waals surface area contributed by atoms with Gasteiger partial charge in [-0.25, -0.2) is 13.2 Å². The largest absolute Gasteiger partial charge is 0.450 e. The van der Waals surface area contributed by atoms with Crippen molar-refractivity contribution >= 4 is 21.8 Å². The van der Waals surface area contributed by atoms with Crippen molar-refractivity contribution < 1.29 is 27.5 Å². The van der Waals surface area contributed by atoms with Crippen LogP contribution in [0.1, 0.15) is 40.3 Å². The molecule has 0 radical (unpaired) electrons. The molecule has 1 aromatic heterocycles. The molecule has 2 heterocycles. The van der Waals surface area contributed by atoms with Crippen LogP contribution >= 0.6 is 0 Å². The van der Waals surface area contributed by atoms with Crippen molar-refractivity contribution in [3.8, 4) is 0 Å². The lowest BCUT2D eigenvalue weighted by molar-refractivity contribution is 0.0313. The lowest BCUT2D eigenvalue weighted by atomic mass is 10.0. The number of morpholine rings is 1. The number of rotatable bonds is 7. The quantitative estimate of drug-likeness (QED) is 0.543. The molecule has 1 aliphatic heterocycles. The highest BCUT2D eigenvalue weighted by molar-refractivity contribution is 7.89. The van der Waals surface area contributed by atoms with E-state index in [4.69, 9.17) is 9.47 Å².